The van der Waals surface area contributed by atoms with Gasteiger partial charge in [-0.25, -0.2) is 4.98 Å². The number of aryl methyl sites for hydroxylation is 2. The summed E-state index contributed by atoms with van der Waals surface area (Å²) in [4.78, 5) is 21.1. The van der Waals surface area contributed by atoms with Crippen molar-refractivity contribution in [3.05, 3.63) is 18.2 Å². The number of aromatic nitrogens is 2. The van der Waals surface area contributed by atoms with Gasteiger partial charge in [0.25, 0.3) is 0 Å². The van der Waals surface area contributed by atoms with Crippen molar-refractivity contribution in [3.8, 4) is 0 Å². The molecule has 5 heteroatoms. The molecule has 1 amide bonds. The first-order valence-corrected chi connectivity index (χ1v) is 7.67. The van der Waals surface area contributed by atoms with Crippen molar-refractivity contribution in [3.63, 3.8) is 0 Å². The van der Waals surface area contributed by atoms with Crippen LogP contribution in [0.5, 0.6) is 0 Å². The zero-order valence-electron chi connectivity index (χ0n) is 12.5. The van der Waals surface area contributed by atoms with Crippen molar-refractivity contribution in [1.29, 1.82) is 0 Å². The van der Waals surface area contributed by atoms with Crippen molar-refractivity contribution >= 4 is 5.91 Å². The molecule has 2 atom stereocenters. The molecule has 0 saturated carbocycles. The zero-order valence-corrected chi connectivity index (χ0v) is 12.5. The second-order valence-electron chi connectivity index (χ2n) is 6.04. The largest absolute Gasteiger partial charge is 0.341 e. The zero-order chi connectivity index (χ0) is 14.1. The molecule has 2 saturated heterocycles. The summed E-state index contributed by atoms with van der Waals surface area (Å²) in [5, 5.41) is 0. The Morgan fingerprint density at radius 2 is 2.30 bits per heavy atom. The smallest absolute Gasteiger partial charge is 0.224 e. The van der Waals surface area contributed by atoms with E-state index < -0.39 is 0 Å². The third-order valence-electron chi connectivity index (χ3n) is 4.86. The molecule has 0 unspecified atom stereocenters. The highest BCUT2D eigenvalue weighted by Crippen LogP contribution is 2.30. The lowest BCUT2D eigenvalue weighted by Crippen LogP contribution is -2.35. The van der Waals surface area contributed by atoms with E-state index in [1.54, 1.807) is 0 Å². The summed E-state index contributed by atoms with van der Waals surface area (Å²) in [6.07, 6.45) is 6.54. The number of likely N-dealkylation sites (N-methyl/N-ethyl adjacent to an activating group) is 1. The van der Waals surface area contributed by atoms with Crippen LogP contribution in [-0.4, -0.2) is 58.0 Å². The molecule has 3 rings (SSSR count). The van der Waals surface area contributed by atoms with E-state index in [1.807, 2.05) is 12.4 Å². The predicted octanol–water partition coefficient (Wildman–Crippen LogP) is 0.998. The summed E-state index contributed by atoms with van der Waals surface area (Å²) in [5.41, 5.74) is 0. The summed E-state index contributed by atoms with van der Waals surface area (Å²) < 4.78 is 2.10. The summed E-state index contributed by atoms with van der Waals surface area (Å²) >= 11 is 0. The van der Waals surface area contributed by atoms with Crippen molar-refractivity contribution in [1.82, 2.24) is 19.4 Å². The van der Waals surface area contributed by atoms with Gasteiger partial charge in [0, 0.05) is 50.9 Å². The minimum absolute atomic E-state index is 0.295. The van der Waals surface area contributed by atoms with Crippen LogP contribution in [0.3, 0.4) is 0 Å². The molecular formula is C15H24N4O. The van der Waals surface area contributed by atoms with E-state index >= 15 is 0 Å². The standard InChI is InChI=1S/C15H24N4O/c1-3-14-16-6-9-18(14)8-5-15(20)19-10-12-4-7-17(2)13(12)11-19/h6,9,12-13H,3-5,7-8,10-11H2,1-2H3/t12-,13+/m1/s1. The number of rotatable bonds is 4. The van der Waals surface area contributed by atoms with Crippen molar-refractivity contribution < 1.29 is 4.79 Å². The van der Waals surface area contributed by atoms with Crippen LogP contribution in [-0.2, 0) is 17.8 Å². The molecule has 0 spiro atoms. The lowest BCUT2D eigenvalue weighted by atomic mass is 10.1. The normalized spacial score (nSPS) is 26.2. The van der Waals surface area contributed by atoms with E-state index in [0.717, 1.165) is 31.9 Å². The van der Waals surface area contributed by atoms with E-state index in [0.29, 0.717) is 24.3 Å². The highest BCUT2D eigenvalue weighted by Gasteiger charge is 2.40. The number of hydrogen-bond acceptors (Lipinski definition) is 3. The van der Waals surface area contributed by atoms with E-state index in [1.165, 1.54) is 13.0 Å². The topological polar surface area (TPSA) is 41.4 Å². The van der Waals surface area contributed by atoms with Gasteiger partial charge in [-0.15, -0.1) is 0 Å². The molecule has 0 aromatic carbocycles. The van der Waals surface area contributed by atoms with Gasteiger partial charge in [0.05, 0.1) is 0 Å². The molecule has 2 aliphatic rings. The Balaban J connectivity index is 1.53. The Morgan fingerprint density at radius 1 is 1.45 bits per heavy atom. The third kappa shape index (κ3) is 2.46. The molecule has 3 heterocycles. The summed E-state index contributed by atoms with van der Waals surface area (Å²) in [6, 6.07) is 0.596. The Hall–Kier alpha value is -1.36. The molecule has 0 radical (unpaired) electrons. The number of fused-ring (bicyclic) bond motifs is 1. The highest BCUT2D eigenvalue weighted by atomic mass is 16.2. The fourth-order valence-electron chi connectivity index (χ4n) is 3.61. The van der Waals surface area contributed by atoms with Crippen LogP contribution < -0.4 is 0 Å². The van der Waals surface area contributed by atoms with Crippen LogP contribution in [0.15, 0.2) is 12.4 Å². The first kappa shape index (κ1) is 13.6. The maximum atomic E-state index is 12.4. The molecule has 2 fully saturated rings. The lowest BCUT2D eigenvalue weighted by Gasteiger charge is -2.21. The Morgan fingerprint density at radius 3 is 3.05 bits per heavy atom. The molecule has 20 heavy (non-hydrogen) atoms. The minimum atomic E-state index is 0.295. The van der Waals surface area contributed by atoms with Crippen LogP contribution >= 0.6 is 0 Å². The van der Waals surface area contributed by atoms with E-state index in [4.69, 9.17) is 0 Å². The molecule has 0 bridgehead atoms. The number of likely N-dealkylation sites (tertiary alicyclic amines) is 2. The van der Waals surface area contributed by atoms with Crippen LogP contribution in [0.1, 0.15) is 25.6 Å². The molecule has 0 aliphatic carbocycles. The number of hydrogen-bond donors (Lipinski definition) is 0. The number of amides is 1. The van der Waals surface area contributed by atoms with Crippen molar-refractivity contribution in [2.75, 3.05) is 26.7 Å². The fourth-order valence-corrected chi connectivity index (χ4v) is 3.61. The van der Waals surface area contributed by atoms with E-state index in [9.17, 15) is 4.79 Å². The van der Waals surface area contributed by atoms with E-state index in [2.05, 4.69) is 33.3 Å². The van der Waals surface area contributed by atoms with Gasteiger partial charge in [0.1, 0.15) is 5.82 Å². The lowest BCUT2D eigenvalue weighted by molar-refractivity contribution is -0.130. The molecule has 2 aliphatic heterocycles. The average Bonchev–Trinajstić information content (AvgIpc) is 3.13. The van der Waals surface area contributed by atoms with E-state index in [-0.39, 0.29) is 0 Å². The van der Waals surface area contributed by atoms with Gasteiger partial charge in [0.15, 0.2) is 0 Å². The first-order valence-electron chi connectivity index (χ1n) is 7.67. The molecule has 110 valence electrons. The quantitative estimate of drug-likeness (QED) is 0.824. The number of carbonyl (C=O) groups excluding carboxylic acids is 1. The number of imidazole rings is 1. The molecule has 1 aromatic heterocycles. The average molecular weight is 276 g/mol. The second kappa shape index (κ2) is 5.56. The molecule has 1 aromatic rings. The monoisotopic (exact) mass is 276 g/mol. The Kier molecular flexibility index (Phi) is 3.78. The maximum absolute atomic E-state index is 12.4. The van der Waals surface area contributed by atoms with Crippen LogP contribution in [0, 0.1) is 5.92 Å². The van der Waals surface area contributed by atoms with Gasteiger partial charge in [0.2, 0.25) is 5.91 Å². The molecular weight excluding hydrogens is 252 g/mol. The second-order valence-corrected chi connectivity index (χ2v) is 6.04. The Bertz CT molecular complexity index is 484. The molecule has 0 N–H and O–H groups in total. The summed E-state index contributed by atoms with van der Waals surface area (Å²) in [7, 11) is 2.18. The number of carbonyl (C=O) groups is 1. The highest BCUT2D eigenvalue weighted by molar-refractivity contribution is 5.76. The SMILES string of the molecule is CCc1nccn1CCC(=O)N1C[C@H]2CCN(C)[C@H]2C1. The predicted molar refractivity (Wildman–Crippen MR) is 77.3 cm³/mol. The van der Waals surface area contributed by atoms with Crippen molar-refractivity contribution in [2.24, 2.45) is 5.92 Å². The molecule has 5 nitrogen and oxygen atoms in total. The summed E-state index contributed by atoms with van der Waals surface area (Å²) in [6.45, 7) is 5.91. The minimum Gasteiger partial charge on any atom is -0.341 e. The van der Waals surface area contributed by atoms with Crippen LogP contribution in [0.2, 0.25) is 0 Å². The van der Waals surface area contributed by atoms with Crippen LogP contribution in [0.4, 0.5) is 0 Å². The van der Waals surface area contributed by atoms with Crippen LogP contribution in [0.25, 0.3) is 0 Å². The third-order valence-corrected chi connectivity index (χ3v) is 4.86. The maximum Gasteiger partial charge on any atom is 0.224 e. The number of nitrogens with zero attached hydrogens (tertiary/aromatic N) is 4. The first-order chi connectivity index (χ1) is 9.69. The fraction of sp³-hybridized carbons (Fsp3) is 0.733. The van der Waals surface area contributed by atoms with Gasteiger partial charge >= 0.3 is 0 Å². The van der Waals surface area contributed by atoms with Gasteiger partial charge in [-0.1, -0.05) is 6.92 Å². The van der Waals surface area contributed by atoms with Gasteiger partial charge in [-0.3, -0.25) is 4.79 Å². The van der Waals surface area contributed by atoms with Gasteiger partial charge in [-0.05, 0) is 25.9 Å². The summed E-state index contributed by atoms with van der Waals surface area (Å²) in [5.74, 6) is 2.06. The van der Waals surface area contributed by atoms with Gasteiger partial charge < -0.3 is 14.4 Å². The van der Waals surface area contributed by atoms with Crippen molar-refractivity contribution in [2.45, 2.75) is 38.8 Å². The Labute approximate surface area is 120 Å². The van der Waals surface area contributed by atoms with Gasteiger partial charge in [-0.2, -0.15) is 0 Å².